The van der Waals surface area contributed by atoms with E-state index in [1.807, 2.05) is 19.9 Å². The van der Waals surface area contributed by atoms with Crippen LogP contribution in [0.25, 0.3) is 0 Å². The van der Waals surface area contributed by atoms with Crippen LogP contribution in [0.5, 0.6) is 0 Å². The van der Waals surface area contributed by atoms with E-state index in [4.69, 9.17) is 5.73 Å². The molecule has 0 fully saturated rings. The average Bonchev–Trinajstić information content (AvgIpc) is 2.85. The van der Waals surface area contributed by atoms with Gasteiger partial charge < -0.3 is 11.1 Å². The zero-order valence-corrected chi connectivity index (χ0v) is 11.2. The van der Waals surface area contributed by atoms with Gasteiger partial charge in [-0.2, -0.15) is 5.10 Å². The summed E-state index contributed by atoms with van der Waals surface area (Å²) in [4.78, 5) is 12.2. The molecule has 100 valence electrons. The lowest BCUT2D eigenvalue weighted by Crippen LogP contribution is -2.17. The van der Waals surface area contributed by atoms with Gasteiger partial charge in [0, 0.05) is 17.9 Å². The molecule has 3 N–H and O–H groups in total. The molecule has 0 aliphatic carbocycles. The molecule has 1 aromatic carbocycles. The van der Waals surface area contributed by atoms with Crippen molar-refractivity contribution >= 4 is 17.3 Å². The van der Waals surface area contributed by atoms with Crippen molar-refractivity contribution in [1.82, 2.24) is 9.78 Å². The third-order valence-corrected chi connectivity index (χ3v) is 2.89. The predicted octanol–water partition coefficient (Wildman–Crippen LogP) is 2.30. The number of hydrogen-bond donors (Lipinski definition) is 2. The van der Waals surface area contributed by atoms with E-state index in [0.717, 1.165) is 17.8 Å². The van der Waals surface area contributed by atoms with Crippen molar-refractivity contribution in [3.8, 4) is 0 Å². The maximum Gasteiger partial charge on any atom is 0.273 e. The van der Waals surface area contributed by atoms with Crippen molar-refractivity contribution < 1.29 is 4.79 Å². The van der Waals surface area contributed by atoms with Crippen LogP contribution in [0, 0.1) is 0 Å². The van der Waals surface area contributed by atoms with Crippen LogP contribution in [0.1, 0.15) is 30.0 Å². The average molecular weight is 258 g/mol. The third-order valence-electron chi connectivity index (χ3n) is 2.89. The van der Waals surface area contributed by atoms with Gasteiger partial charge in [0.15, 0.2) is 0 Å². The highest BCUT2D eigenvalue weighted by Crippen LogP contribution is 2.13. The fourth-order valence-electron chi connectivity index (χ4n) is 1.83. The molecule has 0 radical (unpaired) electrons. The van der Waals surface area contributed by atoms with Crippen molar-refractivity contribution in [2.45, 2.75) is 26.8 Å². The summed E-state index contributed by atoms with van der Waals surface area (Å²) in [5.41, 5.74) is 8.50. The highest BCUT2D eigenvalue weighted by atomic mass is 16.2. The zero-order valence-electron chi connectivity index (χ0n) is 11.2. The zero-order chi connectivity index (χ0) is 13.8. The minimum Gasteiger partial charge on any atom is -0.399 e. The first-order valence-electron chi connectivity index (χ1n) is 6.37. The second-order valence-corrected chi connectivity index (χ2v) is 4.27. The topological polar surface area (TPSA) is 72.9 Å². The van der Waals surface area contributed by atoms with Crippen LogP contribution in [0.3, 0.4) is 0 Å². The molecule has 1 amide bonds. The maximum atomic E-state index is 12.2. The first-order chi connectivity index (χ1) is 9.13. The number of nitrogens with zero attached hydrogens (tertiary/aromatic N) is 2. The molecule has 5 heteroatoms. The monoisotopic (exact) mass is 258 g/mol. The highest BCUT2D eigenvalue weighted by molar-refractivity contribution is 6.03. The van der Waals surface area contributed by atoms with Crippen LogP contribution >= 0.6 is 0 Å². The second kappa shape index (κ2) is 5.56. The molecule has 0 bridgehead atoms. The van der Waals surface area contributed by atoms with Gasteiger partial charge in [0.25, 0.3) is 5.91 Å². The molecule has 0 atom stereocenters. The Hall–Kier alpha value is -2.30. The normalized spacial score (nSPS) is 10.4. The Morgan fingerprint density at radius 3 is 2.58 bits per heavy atom. The molecule has 0 spiro atoms. The maximum absolute atomic E-state index is 12.2. The third kappa shape index (κ3) is 2.93. The Bertz CT molecular complexity index is 572. The molecule has 1 heterocycles. The van der Waals surface area contributed by atoms with E-state index in [0.29, 0.717) is 17.9 Å². The van der Waals surface area contributed by atoms with E-state index >= 15 is 0 Å². The number of benzene rings is 1. The number of rotatable bonds is 4. The lowest BCUT2D eigenvalue weighted by Gasteiger charge is -2.06. The van der Waals surface area contributed by atoms with Gasteiger partial charge in [0.05, 0.1) is 5.69 Å². The van der Waals surface area contributed by atoms with Crippen molar-refractivity contribution in [2.24, 2.45) is 0 Å². The summed E-state index contributed by atoms with van der Waals surface area (Å²) >= 11 is 0. The standard InChI is InChI=1S/C14H18N4O/c1-3-11-9-13(18(4-2)17-11)14(19)16-12-7-5-10(15)6-8-12/h5-9H,3-4,15H2,1-2H3,(H,16,19). The van der Waals surface area contributed by atoms with Crippen molar-refractivity contribution in [3.05, 3.63) is 41.7 Å². The molecule has 5 nitrogen and oxygen atoms in total. The summed E-state index contributed by atoms with van der Waals surface area (Å²) in [6.45, 7) is 4.65. The number of anilines is 2. The smallest absolute Gasteiger partial charge is 0.273 e. The summed E-state index contributed by atoms with van der Waals surface area (Å²) in [6, 6.07) is 8.89. The number of aryl methyl sites for hydroxylation is 2. The molecule has 0 saturated carbocycles. The number of hydrogen-bond acceptors (Lipinski definition) is 3. The summed E-state index contributed by atoms with van der Waals surface area (Å²) in [5, 5.41) is 7.20. The summed E-state index contributed by atoms with van der Waals surface area (Å²) in [6.07, 6.45) is 0.815. The number of nitrogens with two attached hydrogens (primary N) is 1. The molecule has 19 heavy (non-hydrogen) atoms. The number of aromatic nitrogens is 2. The number of nitrogen functional groups attached to an aromatic ring is 1. The van der Waals surface area contributed by atoms with Gasteiger partial charge in [0.1, 0.15) is 5.69 Å². The van der Waals surface area contributed by atoms with Crippen molar-refractivity contribution in [1.29, 1.82) is 0 Å². The van der Waals surface area contributed by atoms with Gasteiger partial charge in [-0.25, -0.2) is 0 Å². The van der Waals surface area contributed by atoms with Crippen LogP contribution in [-0.4, -0.2) is 15.7 Å². The highest BCUT2D eigenvalue weighted by Gasteiger charge is 2.13. The molecule has 0 saturated heterocycles. The minimum atomic E-state index is -0.154. The van der Waals surface area contributed by atoms with Crippen LogP contribution in [-0.2, 0) is 13.0 Å². The summed E-state index contributed by atoms with van der Waals surface area (Å²) in [5.74, 6) is -0.154. The van der Waals surface area contributed by atoms with Gasteiger partial charge in [-0.1, -0.05) is 6.92 Å². The summed E-state index contributed by atoms with van der Waals surface area (Å²) < 4.78 is 1.71. The molecule has 1 aromatic heterocycles. The Morgan fingerprint density at radius 1 is 1.32 bits per heavy atom. The minimum absolute atomic E-state index is 0.154. The van der Waals surface area contributed by atoms with E-state index in [9.17, 15) is 4.79 Å². The predicted molar refractivity (Wildman–Crippen MR) is 76.1 cm³/mol. The lowest BCUT2D eigenvalue weighted by atomic mass is 10.2. The number of nitrogens with one attached hydrogen (secondary N) is 1. The van der Waals surface area contributed by atoms with E-state index in [1.54, 1.807) is 28.9 Å². The molecule has 2 aromatic rings. The van der Waals surface area contributed by atoms with Gasteiger partial charge in [-0.3, -0.25) is 9.48 Å². The first-order valence-corrected chi connectivity index (χ1v) is 6.37. The van der Waals surface area contributed by atoms with E-state index in [2.05, 4.69) is 10.4 Å². The number of amides is 1. The number of carbonyl (C=O) groups excluding carboxylic acids is 1. The van der Waals surface area contributed by atoms with Crippen LogP contribution < -0.4 is 11.1 Å². The fourth-order valence-corrected chi connectivity index (χ4v) is 1.83. The Balaban J connectivity index is 2.19. The molecule has 0 aliphatic heterocycles. The van der Waals surface area contributed by atoms with Crippen LogP contribution in [0.15, 0.2) is 30.3 Å². The fraction of sp³-hybridized carbons (Fsp3) is 0.286. The Labute approximate surface area is 112 Å². The molecular weight excluding hydrogens is 240 g/mol. The molecular formula is C14H18N4O. The van der Waals surface area contributed by atoms with Gasteiger partial charge in [0.2, 0.25) is 0 Å². The largest absolute Gasteiger partial charge is 0.399 e. The van der Waals surface area contributed by atoms with E-state index in [-0.39, 0.29) is 5.91 Å². The van der Waals surface area contributed by atoms with Crippen LogP contribution in [0.2, 0.25) is 0 Å². The van der Waals surface area contributed by atoms with Gasteiger partial charge in [-0.05, 0) is 43.7 Å². The lowest BCUT2D eigenvalue weighted by molar-refractivity contribution is 0.101. The SMILES string of the molecule is CCc1cc(C(=O)Nc2ccc(N)cc2)n(CC)n1. The Kier molecular flexibility index (Phi) is 3.85. The quantitative estimate of drug-likeness (QED) is 0.826. The van der Waals surface area contributed by atoms with Crippen LogP contribution in [0.4, 0.5) is 11.4 Å². The van der Waals surface area contributed by atoms with E-state index < -0.39 is 0 Å². The van der Waals surface area contributed by atoms with Gasteiger partial charge >= 0.3 is 0 Å². The first kappa shape index (κ1) is 13.1. The second-order valence-electron chi connectivity index (χ2n) is 4.27. The number of carbonyl (C=O) groups is 1. The summed E-state index contributed by atoms with van der Waals surface area (Å²) in [7, 11) is 0. The molecule has 0 aliphatic rings. The van der Waals surface area contributed by atoms with Gasteiger partial charge in [-0.15, -0.1) is 0 Å². The van der Waals surface area contributed by atoms with E-state index in [1.165, 1.54) is 0 Å². The van der Waals surface area contributed by atoms with Crippen molar-refractivity contribution in [2.75, 3.05) is 11.1 Å². The Morgan fingerprint density at radius 2 is 2.00 bits per heavy atom. The molecule has 2 rings (SSSR count). The molecule has 0 unspecified atom stereocenters. The van der Waals surface area contributed by atoms with Crippen molar-refractivity contribution in [3.63, 3.8) is 0 Å².